The maximum atomic E-state index is 12.2. The molecule has 1 aromatic rings. The molecule has 2 rings (SSSR count). The summed E-state index contributed by atoms with van der Waals surface area (Å²) in [5.74, 6) is 0.423. The normalized spacial score (nSPS) is 23.5. The van der Waals surface area contributed by atoms with E-state index in [-0.39, 0.29) is 12.7 Å². The second-order valence-corrected chi connectivity index (χ2v) is 7.51. The third-order valence-corrected chi connectivity index (χ3v) is 5.04. The van der Waals surface area contributed by atoms with Gasteiger partial charge in [0.15, 0.2) is 0 Å². The first kappa shape index (κ1) is 21.2. The van der Waals surface area contributed by atoms with E-state index in [9.17, 15) is 9.59 Å². The number of carbonyl (C=O) groups is 2. The molecule has 27 heavy (non-hydrogen) atoms. The largest absolute Gasteiger partial charge is 0.511 e. The Bertz CT molecular complexity index is 600. The number of rotatable bonds is 7. The predicted molar refractivity (Wildman–Crippen MR) is 99.7 cm³/mol. The van der Waals surface area contributed by atoms with Crippen molar-refractivity contribution >= 4 is 12.1 Å². The van der Waals surface area contributed by atoms with Crippen LogP contribution in [0.2, 0.25) is 0 Å². The monoisotopic (exact) mass is 378 g/mol. The van der Waals surface area contributed by atoms with Gasteiger partial charge in [-0.05, 0) is 36.2 Å². The summed E-state index contributed by atoms with van der Waals surface area (Å²) < 4.78 is 20.7. The number of carbonyl (C=O) groups excluding carboxylic acids is 2. The molecule has 6 nitrogen and oxygen atoms in total. The molecular weight excluding hydrogens is 348 g/mol. The first-order chi connectivity index (χ1) is 12.9. The lowest BCUT2D eigenvalue weighted by atomic mass is 9.75. The van der Waals surface area contributed by atoms with Crippen molar-refractivity contribution in [1.82, 2.24) is 0 Å². The second-order valence-electron chi connectivity index (χ2n) is 7.51. The molecule has 150 valence electrons. The molecule has 1 aromatic carbocycles. The highest BCUT2D eigenvalue weighted by Gasteiger charge is 2.35. The third kappa shape index (κ3) is 6.54. The highest BCUT2D eigenvalue weighted by molar-refractivity contribution is 5.76. The van der Waals surface area contributed by atoms with Gasteiger partial charge in [-0.2, -0.15) is 0 Å². The topological polar surface area (TPSA) is 71.1 Å². The number of methoxy groups -OCH3 is 1. The maximum absolute atomic E-state index is 12.2. The molecule has 0 heterocycles. The van der Waals surface area contributed by atoms with Crippen LogP contribution in [0, 0.1) is 17.8 Å². The molecule has 0 amide bonds. The predicted octanol–water partition coefficient (Wildman–Crippen LogP) is 4.32. The lowest BCUT2D eigenvalue weighted by molar-refractivity contribution is -0.185. The van der Waals surface area contributed by atoms with Gasteiger partial charge in [0.05, 0.1) is 0 Å². The van der Waals surface area contributed by atoms with Crippen molar-refractivity contribution in [2.24, 2.45) is 17.8 Å². The summed E-state index contributed by atoms with van der Waals surface area (Å²) in [6.45, 7) is 6.48. The Kier molecular flexibility index (Phi) is 8.10. The van der Waals surface area contributed by atoms with Crippen LogP contribution in [0.1, 0.15) is 45.6 Å². The van der Waals surface area contributed by atoms with Crippen LogP contribution in [-0.4, -0.2) is 31.6 Å². The summed E-state index contributed by atoms with van der Waals surface area (Å²) in [5.41, 5.74) is 0.833. The van der Waals surface area contributed by atoms with Crippen LogP contribution < -0.4 is 0 Å². The highest BCUT2D eigenvalue weighted by atomic mass is 16.8. The van der Waals surface area contributed by atoms with Gasteiger partial charge in [0.25, 0.3) is 0 Å². The SMILES string of the molecule is COC(OC(=O)O[C@H]1C[C@@H](C)CC[C@@H]1C(C)C)C(=O)OCc1ccccc1. The number of hydrogen-bond acceptors (Lipinski definition) is 6. The second kappa shape index (κ2) is 10.3. The lowest BCUT2D eigenvalue weighted by Crippen LogP contribution is -2.38. The Morgan fingerprint density at radius 2 is 1.85 bits per heavy atom. The third-order valence-electron chi connectivity index (χ3n) is 5.04. The Labute approximate surface area is 161 Å². The van der Waals surface area contributed by atoms with Gasteiger partial charge in [-0.25, -0.2) is 9.59 Å². The molecule has 0 spiro atoms. The molecule has 0 aliphatic heterocycles. The van der Waals surface area contributed by atoms with Crippen LogP contribution in [0.5, 0.6) is 0 Å². The molecule has 0 N–H and O–H groups in total. The fourth-order valence-corrected chi connectivity index (χ4v) is 3.48. The van der Waals surface area contributed by atoms with E-state index in [2.05, 4.69) is 20.8 Å². The smallest absolute Gasteiger partial charge is 0.456 e. The van der Waals surface area contributed by atoms with Gasteiger partial charge < -0.3 is 18.9 Å². The van der Waals surface area contributed by atoms with Crippen LogP contribution in [-0.2, 0) is 30.3 Å². The van der Waals surface area contributed by atoms with E-state index in [1.54, 1.807) is 0 Å². The van der Waals surface area contributed by atoms with Crippen molar-refractivity contribution in [1.29, 1.82) is 0 Å². The molecule has 1 saturated carbocycles. The van der Waals surface area contributed by atoms with Gasteiger partial charge in [0, 0.05) is 7.11 Å². The van der Waals surface area contributed by atoms with Crippen molar-refractivity contribution < 1.29 is 28.5 Å². The van der Waals surface area contributed by atoms with E-state index in [0.29, 0.717) is 17.8 Å². The minimum atomic E-state index is -1.44. The molecule has 0 bridgehead atoms. The van der Waals surface area contributed by atoms with E-state index in [1.807, 2.05) is 30.3 Å². The quantitative estimate of drug-likeness (QED) is 0.520. The van der Waals surface area contributed by atoms with Gasteiger partial charge in [-0.1, -0.05) is 57.5 Å². The number of benzene rings is 1. The highest BCUT2D eigenvalue weighted by Crippen LogP contribution is 2.35. The Balaban J connectivity index is 1.86. The standard InChI is InChI=1S/C21H30O6/c1-14(2)17-11-10-15(3)12-18(17)26-21(23)27-20(24-4)19(22)25-13-16-8-6-5-7-9-16/h5-9,14-15,17-18,20H,10-13H2,1-4H3/t15-,17+,18-,20?/m0/s1. The van der Waals surface area contributed by atoms with Crippen LogP contribution in [0.15, 0.2) is 30.3 Å². The zero-order valence-electron chi connectivity index (χ0n) is 16.6. The summed E-state index contributed by atoms with van der Waals surface area (Å²) in [6, 6.07) is 9.24. The van der Waals surface area contributed by atoms with E-state index < -0.39 is 18.4 Å². The van der Waals surface area contributed by atoms with Gasteiger partial charge in [0.1, 0.15) is 12.7 Å². The number of esters is 1. The maximum Gasteiger partial charge on any atom is 0.511 e. The average molecular weight is 378 g/mol. The van der Waals surface area contributed by atoms with Gasteiger partial charge in [0.2, 0.25) is 0 Å². The summed E-state index contributed by atoms with van der Waals surface area (Å²) in [6.07, 6.45) is 0.393. The van der Waals surface area contributed by atoms with Crippen molar-refractivity contribution in [3.05, 3.63) is 35.9 Å². The molecule has 1 aliphatic carbocycles. The van der Waals surface area contributed by atoms with Gasteiger partial charge >= 0.3 is 18.4 Å². The van der Waals surface area contributed by atoms with Crippen molar-refractivity contribution in [2.45, 2.75) is 59.0 Å². The molecule has 0 aromatic heterocycles. The van der Waals surface area contributed by atoms with E-state index in [4.69, 9.17) is 18.9 Å². The van der Waals surface area contributed by atoms with E-state index in [1.165, 1.54) is 7.11 Å². The summed E-state index contributed by atoms with van der Waals surface area (Å²) in [5, 5.41) is 0. The van der Waals surface area contributed by atoms with E-state index >= 15 is 0 Å². The Hall–Kier alpha value is -2.08. The van der Waals surface area contributed by atoms with Crippen LogP contribution in [0.4, 0.5) is 4.79 Å². The number of ether oxygens (including phenoxy) is 4. The zero-order valence-corrected chi connectivity index (χ0v) is 16.6. The first-order valence-electron chi connectivity index (χ1n) is 9.51. The van der Waals surface area contributed by atoms with Gasteiger partial charge in [-0.3, -0.25) is 0 Å². The molecule has 6 heteroatoms. The van der Waals surface area contributed by atoms with Crippen LogP contribution in [0.3, 0.4) is 0 Å². The molecule has 1 fully saturated rings. The van der Waals surface area contributed by atoms with Gasteiger partial charge in [-0.15, -0.1) is 0 Å². The molecule has 1 unspecified atom stereocenters. The fraction of sp³-hybridized carbons (Fsp3) is 0.619. The minimum Gasteiger partial charge on any atom is -0.456 e. The van der Waals surface area contributed by atoms with Crippen LogP contribution in [0.25, 0.3) is 0 Å². The zero-order chi connectivity index (χ0) is 19.8. The van der Waals surface area contributed by atoms with Crippen molar-refractivity contribution in [2.75, 3.05) is 7.11 Å². The fourth-order valence-electron chi connectivity index (χ4n) is 3.48. The minimum absolute atomic E-state index is 0.0769. The van der Waals surface area contributed by atoms with Crippen molar-refractivity contribution in [3.8, 4) is 0 Å². The molecule has 0 saturated heterocycles. The average Bonchev–Trinajstić information content (AvgIpc) is 2.64. The molecular formula is C21H30O6. The van der Waals surface area contributed by atoms with E-state index in [0.717, 1.165) is 24.8 Å². The summed E-state index contributed by atoms with van der Waals surface area (Å²) in [7, 11) is 1.28. The molecule has 4 atom stereocenters. The first-order valence-corrected chi connectivity index (χ1v) is 9.51. The number of hydrogen-bond donors (Lipinski definition) is 0. The van der Waals surface area contributed by atoms with Crippen molar-refractivity contribution in [3.63, 3.8) is 0 Å². The Morgan fingerprint density at radius 1 is 1.15 bits per heavy atom. The van der Waals surface area contributed by atoms with Crippen LogP contribution >= 0.6 is 0 Å². The lowest BCUT2D eigenvalue weighted by Gasteiger charge is -2.36. The molecule has 1 aliphatic rings. The Morgan fingerprint density at radius 3 is 2.48 bits per heavy atom. The summed E-state index contributed by atoms with van der Waals surface area (Å²) in [4.78, 5) is 24.3. The summed E-state index contributed by atoms with van der Waals surface area (Å²) >= 11 is 0. The molecule has 0 radical (unpaired) electrons.